The van der Waals surface area contributed by atoms with Gasteiger partial charge in [-0.15, -0.1) is 0 Å². The van der Waals surface area contributed by atoms with Gasteiger partial charge in [0.2, 0.25) is 0 Å². The van der Waals surface area contributed by atoms with Gasteiger partial charge in [0.05, 0.1) is 6.10 Å². The molecule has 2 rings (SSSR count). The molecule has 1 saturated heterocycles. The number of ether oxygens (including phenoxy) is 1. The molecule has 0 atom stereocenters. The van der Waals surface area contributed by atoms with Gasteiger partial charge >= 0.3 is 0 Å². The summed E-state index contributed by atoms with van der Waals surface area (Å²) < 4.78 is 5.97. The minimum absolute atomic E-state index is 0.521. The molecule has 0 aromatic rings. The highest BCUT2D eigenvalue weighted by Gasteiger charge is 2.20. The molecule has 3 nitrogen and oxygen atoms in total. The number of nitrogens with one attached hydrogen (secondary N) is 1. The lowest BCUT2D eigenvalue weighted by Crippen LogP contribution is -2.35. The molecular formula is C15H30N2O. The van der Waals surface area contributed by atoms with Crippen LogP contribution in [0, 0.1) is 0 Å². The van der Waals surface area contributed by atoms with Crippen molar-refractivity contribution in [2.24, 2.45) is 0 Å². The Morgan fingerprint density at radius 2 is 1.83 bits per heavy atom. The summed E-state index contributed by atoms with van der Waals surface area (Å²) in [6.45, 7) is 7.95. The van der Waals surface area contributed by atoms with Gasteiger partial charge in [0.1, 0.15) is 0 Å². The third kappa shape index (κ3) is 4.52. The van der Waals surface area contributed by atoms with Gasteiger partial charge in [-0.3, -0.25) is 0 Å². The second-order valence-electron chi connectivity index (χ2n) is 5.74. The standard InChI is InChI=1S/C15H30N2O/c1-2-17(14-6-3-4-7-14)12-5-13-18-15-8-10-16-11-9-15/h14-16H,2-13H2,1H3. The van der Waals surface area contributed by atoms with E-state index in [0.717, 1.165) is 25.7 Å². The highest BCUT2D eigenvalue weighted by Crippen LogP contribution is 2.23. The van der Waals surface area contributed by atoms with Crippen LogP contribution in [0.25, 0.3) is 0 Å². The normalized spacial score (nSPS) is 23.0. The summed E-state index contributed by atoms with van der Waals surface area (Å²) in [5.74, 6) is 0. The van der Waals surface area contributed by atoms with Crippen LogP contribution in [0.4, 0.5) is 0 Å². The fourth-order valence-electron chi connectivity index (χ4n) is 3.35. The molecule has 1 aliphatic carbocycles. The van der Waals surface area contributed by atoms with Crippen molar-refractivity contribution in [2.45, 2.75) is 64.0 Å². The van der Waals surface area contributed by atoms with Crippen molar-refractivity contribution in [1.29, 1.82) is 0 Å². The molecule has 0 aromatic heterocycles. The van der Waals surface area contributed by atoms with Gasteiger partial charge in [-0.25, -0.2) is 0 Å². The van der Waals surface area contributed by atoms with Crippen LogP contribution in [0.1, 0.15) is 51.9 Å². The molecule has 0 radical (unpaired) electrons. The Morgan fingerprint density at radius 3 is 2.50 bits per heavy atom. The topological polar surface area (TPSA) is 24.5 Å². The fourth-order valence-corrected chi connectivity index (χ4v) is 3.35. The molecule has 106 valence electrons. The van der Waals surface area contributed by atoms with E-state index in [4.69, 9.17) is 4.74 Å². The summed E-state index contributed by atoms with van der Waals surface area (Å²) in [7, 11) is 0. The third-order valence-corrected chi connectivity index (χ3v) is 4.48. The van der Waals surface area contributed by atoms with E-state index in [9.17, 15) is 0 Å². The first-order valence-electron chi connectivity index (χ1n) is 7.96. The van der Waals surface area contributed by atoms with E-state index in [-0.39, 0.29) is 0 Å². The second-order valence-corrected chi connectivity index (χ2v) is 5.74. The maximum absolute atomic E-state index is 5.97. The van der Waals surface area contributed by atoms with Gasteiger partial charge in [-0.2, -0.15) is 0 Å². The maximum Gasteiger partial charge on any atom is 0.0599 e. The van der Waals surface area contributed by atoms with E-state index in [1.165, 1.54) is 58.0 Å². The van der Waals surface area contributed by atoms with E-state index in [1.807, 2.05) is 0 Å². The summed E-state index contributed by atoms with van der Waals surface area (Å²) in [5, 5.41) is 3.38. The largest absolute Gasteiger partial charge is 0.378 e. The molecule has 3 heteroatoms. The molecule has 1 N–H and O–H groups in total. The highest BCUT2D eigenvalue weighted by molar-refractivity contribution is 4.76. The SMILES string of the molecule is CCN(CCCOC1CCNCC1)C1CCCC1. The van der Waals surface area contributed by atoms with Crippen LogP contribution in [-0.2, 0) is 4.74 Å². The number of hydrogen-bond donors (Lipinski definition) is 1. The Labute approximate surface area is 112 Å². The van der Waals surface area contributed by atoms with Crippen LogP contribution in [0.5, 0.6) is 0 Å². The molecule has 2 fully saturated rings. The lowest BCUT2D eigenvalue weighted by Gasteiger charge is -2.28. The van der Waals surface area contributed by atoms with E-state index < -0.39 is 0 Å². The third-order valence-electron chi connectivity index (χ3n) is 4.48. The number of hydrogen-bond acceptors (Lipinski definition) is 3. The first kappa shape index (κ1) is 14.3. The van der Waals surface area contributed by atoms with Crippen LogP contribution in [0.2, 0.25) is 0 Å². The minimum Gasteiger partial charge on any atom is -0.378 e. The van der Waals surface area contributed by atoms with Crippen molar-refractivity contribution in [2.75, 3.05) is 32.8 Å². The van der Waals surface area contributed by atoms with Crippen molar-refractivity contribution in [3.63, 3.8) is 0 Å². The molecule has 1 saturated carbocycles. The summed E-state index contributed by atoms with van der Waals surface area (Å²) in [6.07, 6.45) is 9.83. The first-order valence-corrected chi connectivity index (χ1v) is 7.96. The van der Waals surface area contributed by atoms with Crippen molar-refractivity contribution >= 4 is 0 Å². The molecule has 18 heavy (non-hydrogen) atoms. The Bertz CT molecular complexity index is 211. The predicted octanol–water partition coefficient (Wildman–Crippen LogP) is 2.41. The lowest BCUT2D eigenvalue weighted by atomic mass is 10.1. The van der Waals surface area contributed by atoms with Gasteiger partial charge in [0, 0.05) is 19.2 Å². The average molecular weight is 254 g/mol. The van der Waals surface area contributed by atoms with Crippen LogP contribution in [0.15, 0.2) is 0 Å². The fraction of sp³-hybridized carbons (Fsp3) is 1.00. The quantitative estimate of drug-likeness (QED) is 0.706. The molecule has 1 heterocycles. The molecule has 2 aliphatic rings. The average Bonchev–Trinajstić information content (AvgIpc) is 2.94. The van der Waals surface area contributed by atoms with Crippen LogP contribution in [-0.4, -0.2) is 49.8 Å². The van der Waals surface area contributed by atoms with Crippen LogP contribution >= 0.6 is 0 Å². The molecule has 0 unspecified atom stereocenters. The Morgan fingerprint density at radius 1 is 1.11 bits per heavy atom. The lowest BCUT2D eigenvalue weighted by molar-refractivity contribution is 0.0262. The zero-order valence-corrected chi connectivity index (χ0v) is 12.0. The van der Waals surface area contributed by atoms with Gasteiger partial charge < -0.3 is 15.0 Å². The number of nitrogens with zero attached hydrogens (tertiary/aromatic N) is 1. The highest BCUT2D eigenvalue weighted by atomic mass is 16.5. The van der Waals surface area contributed by atoms with E-state index in [1.54, 1.807) is 0 Å². The van der Waals surface area contributed by atoms with E-state index in [2.05, 4.69) is 17.1 Å². The molecule has 0 bridgehead atoms. The predicted molar refractivity (Wildman–Crippen MR) is 76.0 cm³/mol. The molecular weight excluding hydrogens is 224 g/mol. The van der Waals surface area contributed by atoms with Gasteiger partial charge in [0.25, 0.3) is 0 Å². The summed E-state index contributed by atoms with van der Waals surface area (Å²) in [4.78, 5) is 2.67. The van der Waals surface area contributed by atoms with Crippen LogP contribution in [0.3, 0.4) is 0 Å². The van der Waals surface area contributed by atoms with Gasteiger partial charge in [-0.05, 0) is 51.7 Å². The Balaban J connectivity index is 1.55. The van der Waals surface area contributed by atoms with Crippen molar-refractivity contribution < 1.29 is 4.74 Å². The van der Waals surface area contributed by atoms with Crippen molar-refractivity contribution in [1.82, 2.24) is 10.2 Å². The zero-order chi connectivity index (χ0) is 12.6. The number of rotatable bonds is 7. The monoisotopic (exact) mass is 254 g/mol. The Kier molecular flexibility index (Phi) is 6.46. The second kappa shape index (κ2) is 8.13. The zero-order valence-electron chi connectivity index (χ0n) is 12.0. The summed E-state index contributed by atoms with van der Waals surface area (Å²) >= 11 is 0. The maximum atomic E-state index is 5.97. The van der Waals surface area contributed by atoms with E-state index in [0.29, 0.717) is 6.10 Å². The summed E-state index contributed by atoms with van der Waals surface area (Å²) in [6, 6.07) is 0.869. The molecule has 0 spiro atoms. The molecule has 0 amide bonds. The molecule has 1 aliphatic heterocycles. The van der Waals surface area contributed by atoms with Gasteiger partial charge in [-0.1, -0.05) is 19.8 Å². The van der Waals surface area contributed by atoms with E-state index >= 15 is 0 Å². The van der Waals surface area contributed by atoms with Crippen LogP contribution < -0.4 is 5.32 Å². The first-order chi connectivity index (χ1) is 8.90. The smallest absolute Gasteiger partial charge is 0.0599 e. The Hall–Kier alpha value is -0.120. The number of piperidine rings is 1. The summed E-state index contributed by atoms with van der Waals surface area (Å²) in [5.41, 5.74) is 0. The van der Waals surface area contributed by atoms with Gasteiger partial charge in [0.15, 0.2) is 0 Å². The van der Waals surface area contributed by atoms with Crippen molar-refractivity contribution in [3.8, 4) is 0 Å². The minimum atomic E-state index is 0.521. The molecule has 0 aromatic carbocycles. The van der Waals surface area contributed by atoms with Crippen molar-refractivity contribution in [3.05, 3.63) is 0 Å².